The Morgan fingerprint density at radius 2 is 2.07 bits per heavy atom. The topological polar surface area (TPSA) is 24.1 Å². The van der Waals surface area contributed by atoms with Crippen molar-refractivity contribution in [2.75, 3.05) is 13.6 Å². The molecule has 0 amide bonds. The van der Waals surface area contributed by atoms with E-state index >= 15 is 0 Å². The first-order valence-electron chi connectivity index (χ1n) is 4.95. The molecule has 0 spiro atoms. The van der Waals surface area contributed by atoms with Crippen LogP contribution in [0.4, 0.5) is 8.78 Å². The zero-order valence-electron chi connectivity index (χ0n) is 8.98. The molecule has 15 heavy (non-hydrogen) atoms. The molecule has 0 aliphatic rings. The molecule has 0 aromatic heterocycles. The summed E-state index contributed by atoms with van der Waals surface area (Å²) in [6.45, 7) is 3.11. The zero-order valence-corrected chi connectivity index (χ0v) is 8.98. The summed E-state index contributed by atoms with van der Waals surface area (Å²) in [5, 5.41) is 6.10. The van der Waals surface area contributed by atoms with Crippen molar-refractivity contribution in [1.29, 1.82) is 0 Å². The van der Waals surface area contributed by atoms with Crippen LogP contribution >= 0.6 is 0 Å². The van der Waals surface area contributed by atoms with Crippen LogP contribution in [0.15, 0.2) is 18.2 Å². The summed E-state index contributed by atoms with van der Waals surface area (Å²) in [4.78, 5) is 0. The first-order chi connectivity index (χ1) is 7.13. The van der Waals surface area contributed by atoms with E-state index in [0.29, 0.717) is 12.1 Å². The minimum absolute atomic E-state index is 0.220. The molecule has 0 bridgehead atoms. The molecule has 2 N–H and O–H groups in total. The lowest BCUT2D eigenvalue weighted by atomic mass is 10.2. The van der Waals surface area contributed by atoms with E-state index in [2.05, 4.69) is 10.6 Å². The third-order valence-electron chi connectivity index (χ3n) is 2.16. The molecule has 0 heterocycles. The third kappa shape index (κ3) is 3.93. The highest BCUT2D eigenvalue weighted by Gasteiger charge is 2.05. The van der Waals surface area contributed by atoms with E-state index in [-0.39, 0.29) is 11.9 Å². The van der Waals surface area contributed by atoms with Gasteiger partial charge in [0.25, 0.3) is 0 Å². The molecule has 0 saturated carbocycles. The van der Waals surface area contributed by atoms with E-state index in [1.165, 1.54) is 6.07 Å². The van der Waals surface area contributed by atoms with Gasteiger partial charge in [-0.3, -0.25) is 0 Å². The maximum atomic E-state index is 13.2. The second kappa shape index (κ2) is 5.78. The fourth-order valence-electron chi connectivity index (χ4n) is 1.34. The highest BCUT2D eigenvalue weighted by atomic mass is 19.1. The van der Waals surface area contributed by atoms with Gasteiger partial charge in [-0.15, -0.1) is 0 Å². The predicted octanol–water partition coefficient (Wildman–Crippen LogP) is 1.66. The van der Waals surface area contributed by atoms with Crippen LogP contribution in [0.5, 0.6) is 0 Å². The molecule has 1 atom stereocenters. The van der Waals surface area contributed by atoms with Crippen LogP contribution in [-0.2, 0) is 6.54 Å². The van der Waals surface area contributed by atoms with Crippen LogP contribution in [0.3, 0.4) is 0 Å². The smallest absolute Gasteiger partial charge is 0.127 e. The van der Waals surface area contributed by atoms with E-state index in [9.17, 15) is 8.78 Å². The first-order valence-corrected chi connectivity index (χ1v) is 4.95. The van der Waals surface area contributed by atoms with Crippen molar-refractivity contribution < 1.29 is 8.78 Å². The van der Waals surface area contributed by atoms with Gasteiger partial charge in [0, 0.05) is 24.7 Å². The number of benzene rings is 1. The molecule has 1 rings (SSSR count). The molecule has 84 valence electrons. The van der Waals surface area contributed by atoms with E-state index in [1.807, 2.05) is 14.0 Å². The second-order valence-electron chi connectivity index (χ2n) is 3.58. The summed E-state index contributed by atoms with van der Waals surface area (Å²) in [6, 6.07) is 3.71. The molecule has 0 radical (unpaired) electrons. The number of hydrogen-bond donors (Lipinski definition) is 2. The van der Waals surface area contributed by atoms with Gasteiger partial charge in [-0.25, -0.2) is 8.78 Å². The fraction of sp³-hybridized carbons (Fsp3) is 0.455. The van der Waals surface area contributed by atoms with Gasteiger partial charge in [0.05, 0.1) is 0 Å². The van der Waals surface area contributed by atoms with Gasteiger partial charge >= 0.3 is 0 Å². The van der Waals surface area contributed by atoms with Crippen molar-refractivity contribution in [2.24, 2.45) is 0 Å². The Kier molecular flexibility index (Phi) is 4.65. The fourth-order valence-corrected chi connectivity index (χ4v) is 1.34. The molecular formula is C11H16F2N2. The molecule has 2 nitrogen and oxygen atoms in total. The summed E-state index contributed by atoms with van der Waals surface area (Å²) in [6.07, 6.45) is 0. The van der Waals surface area contributed by atoms with E-state index in [1.54, 1.807) is 0 Å². The minimum atomic E-state index is -0.408. The summed E-state index contributed by atoms with van der Waals surface area (Å²) < 4.78 is 26.0. The van der Waals surface area contributed by atoms with Gasteiger partial charge in [-0.1, -0.05) is 0 Å². The lowest BCUT2D eigenvalue weighted by Crippen LogP contribution is -2.34. The van der Waals surface area contributed by atoms with E-state index in [4.69, 9.17) is 0 Å². The van der Waals surface area contributed by atoms with Crippen LogP contribution in [-0.4, -0.2) is 19.6 Å². The van der Waals surface area contributed by atoms with Gasteiger partial charge in [0.2, 0.25) is 0 Å². The maximum Gasteiger partial charge on any atom is 0.127 e. The second-order valence-corrected chi connectivity index (χ2v) is 3.58. The molecule has 0 fully saturated rings. The Morgan fingerprint density at radius 1 is 1.33 bits per heavy atom. The van der Waals surface area contributed by atoms with Crippen molar-refractivity contribution in [3.05, 3.63) is 35.4 Å². The molecule has 1 unspecified atom stereocenters. The number of hydrogen-bond acceptors (Lipinski definition) is 2. The molecular weight excluding hydrogens is 198 g/mol. The molecule has 0 saturated heterocycles. The van der Waals surface area contributed by atoms with Gasteiger partial charge < -0.3 is 10.6 Å². The molecule has 0 aliphatic carbocycles. The first kappa shape index (κ1) is 12.1. The van der Waals surface area contributed by atoms with Crippen LogP contribution in [0.25, 0.3) is 0 Å². The number of nitrogens with one attached hydrogen (secondary N) is 2. The number of halogens is 2. The minimum Gasteiger partial charge on any atom is -0.318 e. The standard InChI is InChI=1S/C11H16F2N2/c1-8(6-14-2)15-7-9-5-10(12)3-4-11(9)13/h3-5,8,14-15H,6-7H2,1-2H3. The molecule has 1 aromatic carbocycles. The Labute approximate surface area is 88.7 Å². The molecule has 1 aromatic rings. The van der Waals surface area contributed by atoms with Gasteiger partial charge in [-0.05, 0) is 32.2 Å². The number of rotatable bonds is 5. The Bertz CT molecular complexity index is 315. The van der Waals surface area contributed by atoms with Crippen LogP contribution < -0.4 is 10.6 Å². The average molecular weight is 214 g/mol. The van der Waals surface area contributed by atoms with Crippen molar-refractivity contribution in [3.8, 4) is 0 Å². The molecule has 4 heteroatoms. The largest absolute Gasteiger partial charge is 0.318 e. The third-order valence-corrected chi connectivity index (χ3v) is 2.16. The average Bonchev–Trinajstić information content (AvgIpc) is 2.20. The lowest BCUT2D eigenvalue weighted by molar-refractivity contribution is 0.505. The number of likely N-dealkylation sites (N-methyl/N-ethyl adjacent to an activating group) is 1. The normalized spacial score (nSPS) is 12.8. The Hall–Kier alpha value is -1.00. The van der Waals surface area contributed by atoms with Crippen LogP contribution in [0.2, 0.25) is 0 Å². The van der Waals surface area contributed by atoms with Crippen molar-refractivity contribution in [3.63, 3.8) is 0 Å². The van der Waals surface area contributed by atoms with Gasteiger partial charge in [0.15, 0.2) is 0 Å². The Morgan fingerprint density at radius 3 is 2.73 bits per heavy atom. The SMILES string of the molecule is CNCC(C)NCc1cc(F)ccc1F. The van der Waals surface area contributed by atoms with Gasteiger partial charge in [-0.2, -0.15) is 0 Å². The van der Waals surface area contributed by atoms with E-state index in [0.717, 1.165) is 18.7 Å². The van der Waals surface area contributed by atoms with Crippen molar-refractivity contribution in [1.82, 2.24) is 10.6 Å². The quantitative estimate of drug-likeness (QED) is 0.779. The molecule has 0 aliphatic heterocycles. The van der Waals surface area contributed by atoms with Crippen molar-refractivity contribution in [2.45, 2.75) is 19.5 Å². The zero-order chi connectivity index (χ0) is 11.3. The predicted molar refractivity (Wildman–Crippen MR) is 56.6 cm³/mol. The van der Waals surface area contributed by atoms with Gasteiger partial charge in [0.1, 0.15) is 11.6 Å². The summed E-state index contributed by atoms with van der Waals surface area (Å²) in [5.41, 5.74) is 0.359. The van der Waals surface area contributed by atoms with Crippen LogP contribution in [0, 0.1) is 11.6 Å². The lowest BCUT2D eigenvalue weighted by Gasteiger charge is -2.13. The Balaban J connectivity index is 2.53. The summed E-state index contributed by atoms with van der Waals surface area (Å²) in [5.74, 6) is -0.782. The highest BCUT2D eigenvalue weighted by molar-refractivity contribution is 5.18. The van der Waals surface area contributed by atoms with Crippen LogP contribution in [0.1, 0.15) is 12.5 Å². The summed E-state index contributed by atoms with van der Waals surface area (Å²) in [7, 11) is 1.85. The monoisotopic (exact) mass is 214 g/mol. The van der Waals surface area contributed by atoms with E-state index < -0.39 is 5.82 Å². The highest BCUT2D eigenvalue weighted by Crippen LogP contribution is 2.09. The van der Waals surface area contributed by atoms with Crippen molar-refractivity contribution >= 4 is 0 Å². The maximum absolute atomic E-state index is 13.2. The summed E-state index contributed by atoms with van der Waals surface area (Å²) >= 11 is 0.